The van der Waals surface area contributed by atoms with Crippen LogP contribution in [0, 0.1) is 6.92 Å². The van der Waals surface area contributed by atoms with Crippen molar-refractivity contribution in [2.45, 2.75) is 38.3 Å². The molecule has 1 saturated heterocycles. The third kappa shape index (κ3) is 3.16. The van der Waals surface area contributed by atoms with E-state index >= 15 is 0 Å². The monoisotopic (exact) mass is 277 g/mol. The number of likely N-dealkylation sites (tertiary alicyclic amines) is 1. The number of carbonyl (C=O) groups excluding carboxylic acids is 1. The number of pyridine rings is 1. The lowest BCUT2D eigenvalue weighted by Crippen LogP contribution is -2.44. The van der Waals surface area contributed by atoms with E-state index < -0.39 is 0 Å². The lowest BCUT2D eigenvalue weighted by Gasteiger charge is -2.34. The van der Waals surface area contributed by atoms with Gasteiger partial charge in [0, 0.05) is 38.5 Å². The molecule has 5 nitrogen and oxygen atoms in total. The molecule has 1 aliphatic rings. The molecule has 1 fully saturated rings. The molecule has 2 heterocycles. The number of carbonyl (C=O) groups is 1. The van der Waals surface area contributed by atoms with Crippen molar-refractivity contribution in [3.63, 3.8) is 0 Å². The Morgan fingerprint density at radius 2 is 2.35 bits per heavy atom. The third-order valence-electron chi connectivity index (χ3n) is 3.92. The second-order valence-corrected chi connectivity index (χ2v) is 5.31. The minimum Gasteiger partial charge on any atom is -0.383 e. The van der Waals surface area contributed by atoms with Gasteiger partial charge in [0.25, 0.3) is 0 Å². The molecule has 1 aliphatic heterocycles. The number of aryl methyl sites for hydroxylation is 1. The highest BCUT2D eigenvalue weighted by Gasteiger charge is 2.33. The van der Waals surface area contributed by atoms with E-state index in [1.165, 1.54) is 0 Å². The van der Waals surface area contributed by atoms with Crippen molar-refractivity contribution >= 4 is 5.91 Å². The molecule has 0 radical (unpaired) electrons. The third-order valence-corrected chi connectivity index (χ3v) is 3.92. The number of nitrogens with zero attached hydrogens (tertiary/aromatic N) is 2. The molecule has 0 spiro atoms. The summed E-state index contributed by atoms with van der Waals surface area (Å²) in [6, 6.07) is 1.81. The molecule has 2 atom stereocenters. The van der Waals surface area contributed by atoms with E-state index in [-0.39, 0.29) is 18.0 Å². The first-order chi connectivity index (χ1) is 9.65. The Labute approximate surface area is 120 Å². The molecule has 2 unspecified atom stereocenters. The highest BCUT2D eigenvalue weighted by molar-refractivity contribution is 5.77. The number of hydrogen-bond donors (Lipinski definition) is 1. The highest BCUT2D eigenvalue weighted by Crippen LogP contribution is 2.31. The van der Waals surface area contributed by atoms with Gasteiger partial charge in [0.15, 0.2) is 0 Å². The van der Waals surface area contributed by atoms with E-state index in [0.29, 0.717) is 19.6 Å². The first-order valence-corrected chi connectivity index (χ1v) is 7.09. The molecule has 0 saturated carbocycles. The fraction of sp³-hybridized carbons (Fsp3) is 0.600. The quantitative estimate of drug-likeness (QED) is 0.903. The van der Waals surface area contributed by atoms with Crippen LogP contribution in [-0.4, -0.2) is 42.1 Å². The Kier molecular flexibility index (Phi) is 5.09. The lowest BCUT2D eigenvalue weighted by atomic mass is 9.94. The number of ether oxygens (including phenoxy) is 1. The smallest absolute Gasteiger partial charge is 0.223 e. The maximum atomic E-state index is 12.4. The van der Waals surface area contributed by atoms with Crippen LogP contribution in [-0.2, 0) is 9.53 Å². The molecule has 5 heteroatoms. The summed E-state index contributed by atoms with van der Waals surface area (Å²) in [5, 5.41) is 0. The molecule has 110 valence electrons. The predicted molar refractivity (Wildman–Crippen MR) is 77.1 cm³/mol. The van der Waals surface area contributed by atoms with Crippen LogP contribution in [0.25, 0.3) is 0 Å². The van der Waals surface area contributed by atoms with Gasteiger partial charge in [0.1, 0.15) is 0 Å². The van der Waals surface area contributed by atoms with Gasteiger partial charge < -0.3 is 15.4 Å². The molecule has 0 bridgehead atoms. The number of nitrogens with two attached hydrogens (primary N) is 1. The minimum absolute atomic E-state index is 0.0544. The van der Waals surface area contributed by atoms with Crippen molar-refractivity contribution < 1.29 is 9.53 Å². The lowest BCUT2D eigenvalue weighted by molar-refractivity contribution is -0.134. The summed E-state index contributed by atoms with van der Waals surface area (Å²) in [6.45, 7) is 3.13. The van der Waals surface area contributed by atoms with Gasteiger partial charge in [-0.2, -0.15) is 0 Å². The Morgan fingerprint density at radius 1 is 1.55 bits per heavy atom. The molecule has 0 aromatic carbocycles. The van der Waals surface area contributed by atoms with Gasteiger partial charge in [0.2, 0.25) is 5.91 Å². The number of rotatable bonds is 4. The van der Waals surface area contributed by atoms with Crippen LogP contribution >= 0.6 is 0 Å². The van der Waals surface area contributed by atoms with Gasteiger partial charge in [-0.15, -0.1) is 0 Å². The van der Waals surface area contributed by atoms with Gasteiger partial charge in [-0.3, -0.25) is 9.78 Å². The number of hydrogen-bond acceptors (Lipinski definition) is 4. The van der Waals surface area contributed by atoms with Crippen molar-refractivity contribution in [1.29, 1.82) is 0 Å². The number of aromatic nitrogens is 1. The summed E-state index contributed by atoms with van der Waals surface area (Å²) in [6.07, 6.45) is 5.86. The first-order valence-electron chi connectivity index (χ1n) is 7.09. The van der Waals surface area contributed by atoms with Crippen molar-refractivity contribution in [2.75, 3.05) is 20.3 Å². The second-order valence-electron chi connectivity index (χ2n) is 5.31. The molecule has 20 heavy (non-hydrogen) atoms. The summed E-state index contributed by atoms with van der Waals surface area (Å²) in [5.41, 5.74) is 8.51. The van der Waals surface area contributed by atoms with Gasteiger partial charge in [0.05, 0.1) is 12.6 Å². The summed E-state index contributed by atoms with van der Waals surface area (Å²) < 4.78 is 5.13. The summed E-state index contributed by atoms with van der Waals surface area (Å²) >= 11 is 0. The van der Waals surface area contributed by atoms with E-state index in [4.69, 9.17) is 10.5 Å². The van der Waals surface area contributed by atoms with E-state index in [0.717, 1.165) is 24.0 Å². The topological polar surface area (TPSA) is 68.5 Å². The Morgan fingerprint density at radius 3 is 3.05 bits per heavy atom. The van der Waals surface area contributed by atoms with E-state index in [1.54, 1.807) is 13.3 Å². The fourth-order valence-corrected chi connectivity index (χ4v) is 2.81. The zero-order valence-corrected chi connectivity index (χ0v) is 12.2. The molecule has 2 N–H and O–H groups in total. The van der Waals surface area contributed by atoms with Crippen LogP contribution in [0.3, 0.4) is 0 Å². The maximum absolute atomic E-state index is 12.4. The minimum atomic E-state index is -0.103. The van der Waals surface area contributed by atoms with Gasteiger partial charge >= 0.3 is 0 Å². The summed E-state index contributed by atoms with van der Waals surface area (Å²) in [4.78, 5) is 18.4. The van der Waals surface area contributed by atoms with Gasteiger partial charge in [-0.05, 0) is 37.0 Å². The van der Waals surface area contributed by atoms with Gasteiger partial charge in [-0.1, -0.05) is 0 Å². The zero-order valence-electron chi connectivity index (χ0n) is 12.2. The largest absolute Gasteiger partial charge is 0.383 e. The van der Waals surface area contributed by atoms with Crippen LogP contribution in [0.4, 0.5) is 0 Å². The standard InChI is InChI=1S/C15H23N3O2/c1-11-6-7-17-10-12(11)15-13(16)4-3-5-14(19)18(15)8-9-20-2/h6-7,10,13,15H,3-5,8-9,16H2,1-2H3. The molecule has 1 amide bonds. The second kappa shape index (κ2) is 6.81. The SMILES string of the molecule is COCCN1C(=O)CCCC(N)C1c1cnccc1C. The van der Waals surface area contributed by atoms with E-state index in [9.17, 15) is 4.79 Å². The highest BCUT2D eigenvalue weighted by atomic mass is 16.5. The molecular weight excluding hydrogens is 254 g/mol. The number of amides is 1. The van der Waals surface area contributed by atoms with Crippen molar-refractivity contribution in [2.24, 2.45) is 5.73 Å². The Bertz CT molecular complexity index is 464. The van der Waals surface area contributed by atoms with Crippen LogP contribution in [0.5, 0.6) is 0 Å². The normalized spacial score (nSPS) is 23.8. The van der Waals surface area contributed by atoms with Crippen LogP contribution < -0.4 is 5.73 Å². The van der Waals surface area contributed by atoms with E-state index in [2.05, 4.69) is 4.98 Å². The summed E-state index contributed by atoms with van der Waals surface area (Å²) in [5.74, 6) is 0.156. The Balaban J connectivity index is 2.36. The van der Waals surface area contributed by atoms with Crippen LogP contribution in [0.2, 0.25) is 0 Å². The van der Waals surface area contributed by atoms with Crippen LogP contribution in [0.1, 0.15) is 36.4 Å². The maximum Gasteiger partial charge on any atom is 0.223 e. The first kappa shape index (κ1) is 14.9. The summed E-state index contributed by atoms with van der Waals surface area (Å²) in [7, 11) is 1.65. The fourth-order valence-electron chi connectivity index (χ4n) is 2.81. The van der Waals surface area contributed by atoms with Gasteiger partial charge in [-0.25, -0.2) is 0 Å². The van der Waals surface area contributed by atoms with Crippen LogP contribution in [0.15, 0.2) is 18.5 Å². The average molecular weight is 277 g/mol. The molecule has 2 rings (SSSR count). The predicted octanol–water partition coefficient (Wildman–Crippen LogP) is 1.42. The number of methoxy groups -OCH3 is 1. The molecule has 0 aliphatic carbocycles. The van der Waals surface area contributed by atoms with Crippen molar-refractivity contribution in [3.8, 4) is 0 Å². The molecule has 1 aromatic rings. The van der Waals surface area contributed by atoms with Crippen molar-refractivity contribution in [1.82, 2.24) is 9.88 Å². The Hall–Kier alpha value is -1.46. The zero-order chi connectivity index (χ0) is 14.5. The molecular formula is C15H23N3O2. The average Bonchev–Trinajstić information content (AvgIpc) is 2.57. The van der Waals surface area contributed by atoms with Crippen molar-refractivity contribution in [3.05, 3.63) is 29.6 Å². The van der Waals surface area contributed by atoms with E-state index in [1.807, 2.05) is 24.1 Å². The molecule has 1 aromatic heterocycles.